The molecular formula is C11H14O. The van der Waals surface area contributed by atoms with E-state index >= 15 is 0 Å². The van der Waals surface area contributed by atoms with Gasteiger partial charge in [0, 0.05) is 5.56 Å². The van der Waals surface area contributed by atoms with Crippen molar-refractivity contribution in [2.45, 2.75) is 20.8 Å². The molecule has 0 aromatic heterocycles. The first-order valence-electron chi connectivity index (χ1n) is 4.00. The van der Waals surface area contributed by atoms with Crippen LogP contribution in [0.2, 0.25) is 0 Å². The van der Waals surface area contributed by atoms with Crippen molar-refractivity contribution in [1.29, 1.82) is 0 Å². The first-order chi connectivity index (χ1) is 5.57. The van der Waals surface area contributed by atoms with Crippen LogP contribution >= 0.6 is 0 Å². The Morgan fingerprint density at radius 3 is 2.33 bits per heavy atom. The standard InChI is InChI=1S/C11H14O/c1-5-10-9(4)8(3)7(2)6-11(10)12/h5-6,12H,1H2,2-4H3. The van der Waals surface area contributed by atoms with Crippen LogP contribution in [0.25, 0.3) is 6.08 Å². The second-order valence-corrected chi connectivity index (χ2v) is 3.08. The second kappa shape index (κ2) is 3.02. The highest BCUT2D eigenvalue weighted by Gasteiger charge is 2.06. The maximum Gasteiger partial charge on any atom is 0.123 e. The molecular weight excluding hydrogens is 148 g/mol. The van der Waals surface area contributed by atoms with E-state index in [-0.39, 0.29) is 0 Å². The Bertz CT molecular complexity index is 324. The largest absolute Gasteiger partial charge is 0.507 e. The predicted molar refractivity (Wildman–Crippen MR) is 52.4 cm³/mol. The third kappa shape index (κ3) is 1.22. The van der Waals surface area contributed by atoms with Crippen LogP contribution in [-0.2, 0) is 0 Å². The van der Waals surface area contributed by atoms with Gasteiger partial charge in [0.05, 0.1) is 0 Å². The van der Waals surface area contributed by atoms with E-state index in [1.807, 2.05) is 13.8 Å². The van der Waals surface area contributed by atoms with Crippen molar-refractivity contribution in [2.24, 2.45) is 0 Å². The van der Waals surface area contributed by atoms with E-state index in [9.17, 15) is 5.11 Å². The molecule has 0 amide bonds. The quantitative estimate of drug-likeness (QED) is 0.673. The normalized spacial score (nSPS) is 9.92. The number of benzene rings is 1. The lowest BCUT2D eigenvalue weighted by Crippen LogP contribution is -1.90. The Morgan fingerprint density at radius 2 is 1.83 bits per heavy atom. The Kier molecular flexibility index (Phi) is 2.22. The summed E-state index contributed by atoms with van der Waals surface area (Å²) >= 11 is 0. The van der Waals surface area contributed by atoms with Gasteiger partial charge in [-0.05, 0) is 43.5 Å². The van der Waals surface area contributed by atoms with Crippen LogP contribution in [0.15, 0.2) is 12.6 Å². The summed E-state index contributed by atoms with van der Waals surface area (Å²) in [5.41, 5.74) is 4.30. The molecule has 0 aliphatic heterocycles. The van der Waals surface area contributed by atoms with Gasteiger partial charge in [-0.2, -0.15) is 0 Å². The van der Waals surface area contributed by atoms with Crippen LogP contribution < -0.4 is 0 Å². The zero-order valence-corrected chi connectivity index (χ0v) is 7.81. The lowest BCUT2D eigenvalue weighted by molar-refractivity contribution is 0.473. The van der Waals surface area contributed by atoms with E-state index in [0.717, 1.165) is 16.7 Å². The minimum atomic E-state index is 0.325. The van der Waals surface area contributed by atoms with E-state index in [1.54, 1.807) is 12.1 Å². The number of aromatic hydroxyl groups is 1. The Labute approximate surface area is 73.4 Å². The molecule has 0 saturated heterocycles. The third-order valence-corrected chi connectivity index (χ3v) is 2.39. The molecule has 64 valence electrons. The molecule has 0 aliphatic rings. The molecule has 0 heterocycles. The summed E-state index contributed by atoms with van der Waals surface area (Å²) in [6, 6.07) is 1.78. The van der Waals surface area contributed by atoms with Crippen LogP contribution in [0.1, 0.15) is 22.3 Å². The summed E-state index contributed by atoms with van der Waals surface area (Å²) < 4.78 is 0. The summed E-state index contributed by atoms with van der Waals surface area (Å²) in [7, 11) is 0. The average Bonchev–Trinajstić information content (AvgIpc) is 2.01. The van der Waals surface area contributed by atoms with Gasteiger partial charge in [0.1, 0.15) is 5.75 Å². The number of phenolic OH excluding ortho intramolecular Hbond substituents is 1. The van der Waals surface area contributed by atoms with E-state index in [2.05, 4.69) is 13.5 Å². The molecule has 1 aromatic carbocycles. The van der Waals surface area contributed by atoms with Crippen molar-refractivity contribution in [3.05, 3.63) is 34.9 Å². The van der Waals surface area contributed by atoms with Gasteiger partial charge >= 0.3 is 0 Å². The van der Waals surface area contributed by atoms with Gasteiger partial charge < -0.3 is 5.11 Å². The first-order valence-corrected chi connectivity index (χ1v) is 4.00. The lowest BCUT2D eigenvalue weighted by atomic mass is 9.98. The Balaban J connectivity index is 3.51. The minimum Gasteiger partial charge on any atom is -0.507 e. The van der Waals surface area contributed by atoms with Crippen LogP contribution in [0, 0.1) is 20.8 Å². The third-order valence-electron chi connectivity index (χ3n) is 2.39. The minimum absolute atomic E-state index is 0.325. The lowest BCUT2D eigenvalue weighted by Gasteiger charge is -2.09. The SMILES string of the molecule is C=Cc1c(O)cc(C)c(C)c1C. The topological polar surface area (TPSA) is 20.2 Å². The zero-order chi connectivity index (χ0) is 9.30. The molecule has 0 fully saturated rings. The van der Waals surface area contributed by atoms with Gasteiger partial charge in [0.2, 0.25) is 0 Å². The number of hydrogen-bond acceptors (Lipinski definition) is 1. The van der Waals surface area contributed by atoms with Crippen molar-refractivity contribution >= 4 is 6.08 Å². The maximum atomic E-state index is 9.53. The van der Waals surface area contributed by atoms with E-state index in [1.165, 1.54) is 5.56 Å². The van der Waals surface area contributed by atoms with Crippen molar-refractivity contribution in [3.8, 4) is 5.75 Å². The summed E-state index contributed by atoms with van der Waals surface area (Å²) in [4.78, 5) is 0. The van der Waals surface area contributed by atoms with E-state index < -0.39 is 0 Å². The van der Waals surface area contributed by atoms with Crippen LogP contribution in [-0.4, -0.2) is 5.11 Å². The molecule has 0 atom stereocenters. The molecule has 1 heteroatoms. The first kappa shape index (κ1) is 8.85. The molecule has 0 radical (unpaired) electrons. The number of phenols is 1. The van der Waals surface area contributed by atoms with Crippen molar-refractivity contribution in [2.75, 3.05) is 0 Å². The maximum absolute atomic E-state index is 9.53. The van der Waals surface area contributed by atoms with Crippen molar-refractivity contribution < 1.29 is 5.11 Å². The Hall–Kier alpha value is -1.24. The number of hydrogen-bond donors (Lipinski definition) is 1. The molecule has 0 spiro atoms. The van der Waals surface area contributed by atoms with Gasteiger partial charge in [-0.25, -0.2) is 0 Å². The molecule has 0 bridgehead atoms. The van der Waals surface area contributed by atoms with Crippen LogP contribution in [0.5, 0.6) is 5.75 Å². The van der Waals surface area contributed by atoms with Gasteiger partial charge in [-0.1, -0.05) is 12.7 Å². The fraction of sp³-hybridized carbons (Fsp3) is 0.273. The van der Waals surface area contributed by atoms with Crippen molar-refractivity contribution in [3.63, 3.8) is 0 Å². The van der Waals surface area contributed by atoms with Crippen molar-refractivity contribution in [1.82, 2.24) is 0 Å². The van der Waals surface area contributed by atoms with Gasteiger partial charge in [0.15, 0.2) is 0 Å². The highest BCUT2D eigenvalue weighted by Crippen LogP contribution is 2.27. The highest BCUT2D eigenvalue weighted by molar-refractivity contribution is 5.62. The molecule has 0 aliphatic carbocycles. The van der Waals surface area contributed by atoms with Gasteiger partial charge in [-0.15, -0.1) is 0 Å². The predicted octanol–water partition coefficient (Wildman–Crippen LogP) is 2.96. The summed E-state index contributed by atoms with van der Waals surface area (Å²) in [5.74, 6) is 0.325. The summed E-state index contributed by atoms with van der Waals surface area (Å²) in [5, 5.41) is 9.53. The monoisotopic (exact) mass is 162 g/mol. The van der Waals surface area contributed by atoms with Gasteiger partial charge in [-0.3, -0.25) is 0 Å². The molecule has 0 unspecified atom stereocenters. The van der Waals surface area contributed by atoms with Gasteiger partial charge in [0.25, 0.3) is 0 Å². The van der Waals surface area contributed by atoms with E-state index in [4.69, 9.17) is 0 Å². The van der Waals surface area contributed by atoms with Crippen LogP contribution in [0.4, 0.5) is 0 Å². The second-order valence-electron chi connectivity index (χ2n) is 3.08. The van der Waals surface area contributed by atoms with E-state index in [0.29, 0.717) is 5.75 Å². The van der Waals surface area contributed by atoms with Crippen LogP contribution in [0.3, 0.4) is 0 Å². The smallest absolute Gasteiger partial charge is 0.123 e. The number of rotatable bonds is 1. The molecule has 12 heavy (non-hydrogen) atoms. The zero-order valence-electron chi connectivity index (χ0n) is 7.81. The highest BCUT2D eigenvalue weighted by atomic mass is 16.3. The summed E-state index contributed by atoms with van der Waals surface area (Å²) in [6.07, 6.45) is 1.69. The summed E-state index contributed by atoms with van der Waals surface area (Å²) in [6.45, 7) is 9.71. The Morgan fingerprint density at radius 1 is 1.25 bits per heavy atom. The molecule has 1 aromatic rings. The fourth-order valence-corrected chi connectivity index (χ4v) is 1.34. The molecule has 1 N–H and O–H groups in total. The molecule has 1 rings (SSSR count). The average molecular weight is 162 g/mol. The fourth-order valence-electron chi connectivity index (χ4n) is 1.34. The molecule has 0 saturated carbocycles. The molecule has 1 nitrogen and oxygen atoms in total. The number of aryl methyl sites for hydroxylation is 1.